The van der Waals surface area contributed by atoms with Gasteiger partial charge in [-0.3, -0.25) is 9.59 Å². The van der Waals surface area contributed by atoms with Gasteiger partial charge in [0.15, 0.2) is 0 Å². The molecule has 0 fully saturated rings. The molecule has 0 atom stereocenters. The van der Waals surface area contributed by atoms with Crippen molar-refractivity contribution >= 4 is 29.0 Å². The minimum absolute atomic E-state index is 0.231. The maximum atomic E-state index is 13.9. The Morgan fingerprint density at radius 3 is 2.74 bits per heavy atom. The Bertz CT molecular complexity index is 1340. The SMILES string of the molecule is Cc1cc(=O)[nH]c(-c2cccc(NC(=O)C=Cc3ccc(-c4ccccc4F)s3)c2)n1. The molecule has 0 radical (unpaired) electrons. The fourth-order valence-corrected chi connectivity index (χ4v) is 3.99. The van der Waals surface area contributed by atoms with Gasteiger partial charge in [-0.05, 0) is 43.3 Å². The first-order valence-electron chi connectivity index (χ1n) is 9.50. The number of rotatable bonds is 5. The monoisotopic (exact) mass is 431 g/mol. The van der Waals surface area contributed by atoms with Gasteiger partial charge in [0.1, 0.15) is 11.6 Å². The number of aromatic amines is 1. The van der Waals surface area contributed by atoms with E-state index in [1.54, 1.807) is 55.5 Å². The summed E-state index contributed by atoms with van der Waals surface area (Å²) in [4.78, 5) is 32.7. The van der Waals surface area contributed by atoms with Crippen LogP contribution in [0.3, 0.4) is 0 Å². The second kappa shape index (κ2) is 8.89. The van der Waals surface area contributed by atoms with Crippen molar-refractivity contribution in [1.82, 2.24) is 9.97 Å². The first-order valence-corrected chi connectivity index (χ1v) is 10.3. The molecule has 7 heteroatoms. The van der Waals surface area contributed by atoms with Crippen LogP contribution in [0.4, 0.5) is 10.1 Å². The molecule has 0 bridgehead atoms. The highest BCUT2D eigenvalue weighted by atomic mass is 32.1. The summed E-state index contributed by atoms with van der Waals surface area (Å²) in [7, 11) is 0. The quantitative estimate of drug-likeness (QED) is 0.423. The molecule has 2 aromatic heterocycles. The van der Waals surface area contributed by atoms with Crippen molar-refractivity contribution in [2.24, 2.45) is 0 Å². The van der Waals surface area contributed by atoms with Crippen LogP contribution in [-0.2, 0) is 4.79 Å². The zero-order chi connectivity index (χ0) is 21.8. The Kier molecular flexibility index (Phi) is 5.86. The van der Waals surface area contributed by atoms with Gasteiger partial charge in [-0.2, -0.15) is 0 Å². The van der Waals surface area contributed by atoms with Gasteiger partial charge in [0.2, 0.25) is 5.91 Å². The number of nitrogens with one attached hydrogen (secondary N) is 2. The summed E-state index contributed by atoms with van der Waals surface area (Å²) in [6.45, 7) is 1.75. The van der Waals surface area contributed by atoms with Gasteiger partial charge in [-0.25, -0.2) is 9.37 Å². The molecular weight excluding hydrogens is 413 g/mol. The van der Waals surface area contributed by atoms with Gasteiger partial charge < -0.3 is 10.3 Å². The van der Waals surface area contributed by atoms with Crippen LogP contribution in [-0.4, -0.2) is 15.9 Å². The molecule has 4 aromatic rings. The van der Waals surface area contributed by atoms with Gasteiger partial charge in [0, 0.05) is 44.4 Å². The average molecular weight is 431 g/mol. The van der Waals surface area contributed by atoms with Crippen molar-refractivity contribution in [1.29, 1.82) is 0 Å². The lowest BCUT2D eigenvalue weighted by molar-refractivity contribution is -0.111. The molecule has 0 unspecified atom stereocenters. The zero-order valence-electron chi connectivity index (χ0n) is 16.6. The lowest BCUT2D eigenvalue weighted by Crippen LogP contribution is -2.10. The molecule has 2 N–H and O–H groups in total. The van der Waals surface area contributed by atoms with E-state index in [1.807, 2.05) is 12.1 Å². The molecule has 1 amide bonds. The average Bonchev–Trinajstić information content (AvgIpc) is 3.21. The predicted molar refractivity (Wildman–Crippen MR) is 122 cm³/mol. The standard InChI is InChI=1S/C24H18FN3O2S/c1-15-13-23(30)28-24(26-15)16-5-4-6-17(14-16)27-22(29)12-10-18-9-11-21(31-18)19-7-2-3-8-20(19)25/h2-14H,1H3,(H,27,29)(H,26,28,30). The summed E-state index contributed by atoms with van der Waals surface area (Å²) < 4.78 is 13.9. The van der Waals surface area contributed by atoms with Gasteiger partial charge in [-0.1, -0.05) is 30.3 Å². The Morgan fingerprint density at radius 2 is 1.94 bits per heavy atom. The van der Waals surface area contributed by atoms with Crippen LogP contribution in [0.1, 0.15) is 10.6 Å². The van der Waals surface area contributed by atoms with Crippen molar-refractivity contribution in [3.05, 3.63) is 99.5 Å². The topological polar surface area (TPSA) is 74.8 Å². The summed E-state index contributed by atoms with van der Waals surface area (Å²) in [6, 6.07) is 18.8. The summed E-state index contributed by atoms with van der Waals surface area (Å²) >= 11 is 1.40. The molecule has 0 saturated heterocycles. The van der Waals surface area contributed by atoms with E-state index in [0.717, 1.165) is 9.75 Å². The van der Waals surface area contributed by atoms with E-state index in [9.17, 15) is 14.0 Å². The Labute approximate surface area is 181 Å². The second-order valence-corrected chi connectivity index (χ2v) is 7.94. The smallest absolute Gasteiger partial charge is 0.251 e. The van der Waals surface area contributed by atoms with Gasteiger partial charge in [0.05, 0.1) is 0 Å². The fourth-order valence-electron chi connectivity index (χ4n) is 3.05. The van der Waals surface area contributed by atoms with E-state index >= 15 is 0 Å². The molecule has 0 aliphatic rings. The fraction of sp³-hybridized carbons (Fsp3) is 0.0417. The third kappa shape index (κ3) is 5.02. The lowest BCUT2D eigenvalue weighted by Gasteiger charge is -2.06. The van der Waals surface area contributed by atoms with E-state index in [4.69, 9.17) is 0 Å². The Hall–Kier alpha value is -3.84. The predicted octanol–water partition coefficient (Wildman–Crippen LogP) is 5.26. The van der Waals surface area contributed by atoms with Crippen molar-refractivity contribution in [3.8, 4) is 21.8 Å². The highest BCUT2D eigenvalue weighted by Gasteiger charge is 2.07. The third-order valence-corrected chi connectivity index (χ3v) is 5.52. The highest BCUT2D eigenvalue weighted by Crippen LogP contribution is 2.30. The van der Waals surface area contributed by atoms with Crippen LogP contribution in [0, 0.1) is 12.7 Å². The van der Waals surface area contributed by atoms with E-state index in [0.29, 0.717) is 28.3 Å². The molecule has 4 rings (SSSR count). The molecule has 31 heavy (non-hydrogen) atoms. The molecule has 0 aliphatic carbocycles. The van der Waals surface area contributed by atoms with E-state index < -0.39 is 0 Å². The zero-order valence-corrected chi connectivity index (χ0v) is 17.4. The minimum atomic E-state index is -0.302. The molecular formula is C24H18FN3O2S. The number of H-pyrrole nitrogens is 1. The van der Waals surface area contributed by atoms with Crippen LogP contribution < -0.4 is 10.9 Å². The summed E-state index contributed by atoms with van der Waals surface area (Å²) in [5.41, 5.74) is 2.19. The van der Waals surface area contributed by atoms with Gasteiger partial charge in [-0.15, -0.1) is 11.3 Å². The summed E-state index contributed by atoms with van der Waals surface area (Å²) in [6.07, 6.45) is 3.12. The minimum Gasteiger partial charge on any atom is -0.322 e. The molecule has 2 aromatic carbocycles. The van der Waals surface area contributed by atoms with Crippen molar-refractivity contribution < 1.29 is 9.18 Å². The molecule has 2 heterocycles. The number of amides is 1. The highest BCUT2D eigenvalue weighted by molar-refractivity contribution is 7.16. The number of anilines is 1. The summed E-state index contributed by atoms with van der Waals surface area (Å²) in [5, 5.41) is 2.80. The number of aromatic nitrogens is 2. The van der Waals surface area contributed by atoms with Crippen LogP contribution >= 0.6 is 11.3 Å². The third-order valence-electron chi connectivity index (χ3n) is 4.44. The molecule has 0 aliphatic heterocycles. The van der Waals surface area contributed by atoms with Crippen LogP contribution in [0.2, 0.25) is 0 Å². The maximum absolute atomic E-state index is 13.9. The largest absolute Gasteiger partial charge is 0.322 e. The van der Waals surface area contributed by atoms with Crippen molar-refractivity contribution in [3.63, 3.8) is 0 Å². The molecule has 0 saturated carbocycles. The number of carbonyl (C=O) groups is 1. The van der Waals surface area contributed by atoms with E-state index in [-0.39, 0.29) is 17.3 Å². The number of nitrogens with zero attached hydrogens (tertiary/aromatic N) is 1. The normalized spacial score (nSPS) is 11.0. The van der Waals surface area contributed by atoms with E-state index in [2.05, 4.69) is 15.3 Å². The molecule has 154 valence electrons. The van der Waals surface area contributed by atoms with Gasteiger partial charge >= 0.3 is 0 Å². The Morgan fingerprint density at radius 1 is 1.10 bits per heavy atom. The Balaban J connectivity index is 1.46. The molecule has 0 spiro atoms. The summed E-state index contributed by atoms with van der Waals surface area (Å²) in [5.74, 6) is -0.137. The number of hydrogen-bond acceptors (Lipinski definition) is 4. The number of carbonyl (C=O) groups excluding carboxylic acids is 1. The van der Waals surface area contributed by atoms with Crippen molar-refractivity contribution in [2.45, 2.75) is 6.92 Å². The van der Waals surface area contributed by atoms with Crippen molar-refractivity contribution in [2.75, 3.05) is 5.32 Å². The van der Waals surface area contributed by atoms with Crippen LogP contribution in [0.25, 0.3) is 27.9 Å². The van der Waals surface area contributed by atoms with E-state index in [1.165, 1.54) is 29.5 Å². The second-order valence-electron chi connectivity index (χ2n) is 6.82. The number of thiophene rings is 1. The van der Waals surface area contributed by atoms with Crippen LogP contribution in [0.15, 0.2) is 77.6 Å². The van der Waals surface area contributed by atoms with Crippen LogP contribution in [0.5, 0.6) is 0 Å². The number of benzene rings is 2. The lowest BCUT2D eigenvalue weighted by atomic mass is 10.2. The first kappa shape index (κ1) is 20.4. The number of aryl methyl sites for hydroxylation is 1. The number of halogens is 1. The first-order chi connectivity index (χ1) is 15.0. The molecule has 5 nitrogen and oxygen atoms in total. The van der Waals surface area contributed by atoms with Gasteiger partial charge in [0.25, 0.3) is 5.56 Å². The number of hydrogen-bond donors (Lipinski definition) is 2. The maximum Gasteiger partial charge on any atom is 0.251 e.